The number of halogens is 1. The number of ether oxygens (including phenoxy) is 1. The number of para-hydroxylation sites is 1. The van der Waals surface area contributed by atoms with Crippen LogP contribution >= 0.6 is 9.69 Å². The molecule has 0 saturated heterocycles. The Morgan fingerprint density at radius 3 is 2.73 bits per heavy atom. The molecule has 1 aliphatic heterocycles. The first-order valence-electron chi connectivity index (χ1n) is 7.96. The van der Waals surface area contributed by atoms with Gasteiger partial charge in [-0.3, -0.25) is 0 Å². The fraction of sp³-hybridized carbons (Fsp3) is 0.222. The molecule has 1 heterocycles. The van der Waals surface area contributed by atoms with E-state index in [0.717, 1.165) is 12.0 Å². The van der Waals surface area contributed by atoms with E-state index in [-0.39, 0.29) is 17.7 Å². The van der Waals surface area contributed by atoms with E-state index in [0.29, 0.717) is 23.5 Å². The summed E-state index contributed by atoms with van der Waals surface area (Å²) in [5, 5.41) is 10.8. The number of fused-ring (bicyclic) bond motifs is 1. The number of rotatable bonds is 4. The maximum absolute atomic E-state index is 13.0. The van der Waals surface area contributed by atoms with Crippen molar-refractivity contribution >= 4 is 31.6 Å². The Labute approximate surface area is 162 Å². The Bertz CT molecular complexity index is 870. The Hall–Kier alpha value is -2.11. The fourth-order valence-corrected chi connectivity index (χ4v) is 3.89. The van der Waals surface area contributed by atoms with Crippen molar-refractivity contribution in [3.8, 4) is 5.75 Å². The minimum atomic E-state index is -0.484. The van der Waals surface area contributed by atoms with Crippen LogP contribution in [0.3, 0.4) is 0 Å². The second kappa shape index (κ2) is 8.06. The number of carbonyl (C=O) groups excluding carboxylic acids is 1. The third kappa shape index (κ3) is 3.69. The zero-order valence-corrected chi connectivity index (χ0v) is 16.4. The molecular weight excluding hydrogens is 445 g/mol. The van der Waals surface area contributed by atoms with Crippen LogP contribution in [0, 0.1) is 10.1 Å². The summed E-state index contributed by atoms with van der Waals surface area (Å²) in [6.45, 7) is 2.43. The SMILES string of the molecule is CCC1CN(C(=O)c2ccc([N+](=O)[O-])cc2)c2cccc([CH]=[Ru][Cl])c2O1. The zero-order valence-electron chi connectivity index (χ0n) is 13.9. The predicted molar refractivity (Wildman–Crippen MR) is 96.9 cm³/mol. The molecular formula is C18H16ClN2O4Ru. The molecule has 2 aromatic rings. The number of anilines is 1. The summed E-state index contributed by atoms with van der Waals surface area (Å²) in [6, 6.07) is 11.3. The van der Waals surface area contributed by atoms with E-state index in [1.807, 2.05) is 29.7 Å². The van der Waals surface area contributed by atoms with Crippen molar-refractivity contribution in [2.75, 3.05) is 11.4 Å². The third-order valence-electron chi connectivity index (χ3n) is 4.16. The van der Waals surface area contributed by atoms with Gasteiger partial charge in [-0.2, -0.15) is 0 Å². The zero-order chi connectivity index (χ0) is 18.7. The molecule has 0 fully saturated rings. The standard InChI is InChI=1S/C18H16N2O4.ClH.Ru/c1-3-15-11-19(16-6-4-5-12(2)17(16)24-15)18(21)13-7-9-14(10-8-13)20(22)23;;/h2,4-10,15H,3,11H2,1H3;1H;/q;;+1/p-1. The number of non-ortho nitro benzene ring substituents is 1. The van der Waals surface area contributed by atoms with Crippen molar-refractivity contribution in [2.45, 2.75) is 19.4 Å². The van der Waals surface area contributed by atoms with Gasteiger partial charge in [-0.1, -0.05) is 0 Å². The number of nitro benzene ring substituents is 1. The molecule has 1 unspecified atom stereocenters. The number of benzene rings is 2. The first-order chi connectivity index (χ1) is 12.5. The normalized spacial score (nSPS) is 16.5. The first kappa shape index (κ1) is 18.7. The number of hydrogen-bond donors (Lipinski definition) is 0. The molecule has 0 aromatic heterocycles. The van der Waals surface area contributed by atoms with Gasteiger partial charge >= 0.3 is 162 Å². The summed E-state index contributed by atoms with van der Waals surface area (Å²) in [4.78, 5) is 25.0. The summed E-state index contributed by atoms with van der Waals surface area (Å²) in [5.74, 6) is 0.453. The van der Waals surface area contributed by atoms with E-state index >= 15 is 0 Å². The number of carbonyl (C=O) groups is 1. The van der Waals surface area contributed by atoms with Crippen molar-refractivity contribution in [3.05, 3.63) is 63.7 Å². The van der Waals surface area contributed by atoms with Crippen LogP contribution in [0.1, 0.15) is 29.3 Å². The number of amides is 1. The molecule has 3 rings (SSSR count). The van der Waals surface area contributed by atoms with Crippen molar-refractivity contribution in [1.29, 1.82) is 0 Å². The van der Waals surface area contributed by atoms with Crippen molar-refractivity contribution < 1.29 is 30.1 Å². The molecule has 0 saturated carbocycles. The van der Waals surface area contributed by atoms with Crippen LogP contribution in [0.2, 0.25) is 0 Å². The molecule has 0 radical (unpaired) electrons. The molecule has 6 nitrogen and oxygen atoms in total. The number of nitro groups is 1. The van der Waals surface area contributed by atoms with E-state index in [2.05, 4.69) is 0 Å². The van der Waals surface area contributed by atoms with E-state index in [1.54, 1.807) is 4.90 Å². The quantitative estimate of drug-likeness (QED) is 0.395. The van der Waals surface area contributed by atoms with E-state index in [9.17, 15) is 14.9 Å². The van der Waals surface area contributed by atoms with E-state index < -0.39 is 20.6 Å². The molecule has 2 aromatic carbocycles. The molecule has 137 valence electrons. The van der Waals surface area contributed by atoms with Gasteiger partial charge in [-0.05, 0) is 0 Å². The molecule has 0 spiro atoms. The molecule has 1 aliphatic rings. The van der Waals surface area contributed by atoms with Crippen LogP contribution < -0.4 is 9.64 Å². The Morgan fingerprint density at radius 2 is 2.12 bits per heavy atom. The average molecular weight is 461 g/mol. The van der Waals surface area contributed by atoms with Gasteiger partial charge < -0.3 is 0 Å². The number of hydrogen-bond acceptors (Lipinski definition) is 4. The van der Waals surface area contributed by atoms with Gasteiger partial charge in [0.2, 0.25) is 0 Å². The van der Waals surface area contributed by atoms with E-state index in [1.165, 1.54) is 24.3 Å². The second-order valence-corrected chi connectivity index (χ2v) is 7.54. The molecule has 1 atom stereocenters. The monoisotopic (exact) mass is 461 g/mol. The van der Waals surface area contributed by atoms with Crippen LogP contribution in [0.15, 0.2) is 42.5 Å². The molecule has 0 bridgehead atoms. The van der Waals surface area contributed by atoms with Gasteiger partial charge in [-0.25, -0.2) is 0 Å². The molecule has 0 N–H and O–H groups in total. The number of nitrogens with zero attached hydrogens (tertiary/aromatic N) is 2. The topological polar surface area (TPSA) is 72.7 Å². The Balaban J connectivity index is 2.00. The maximum atomic E-state index is 13.0. The Morgan fingerprint density at radius 1 is 1.38 bits per heavy atom. The van der Waals surface area contributed by atoms with Gasteiger partial charge in [0, 0.05) is 0 Å². The third-order valence-corrected chi connectivity index (χ3v) is 5.35. The van der Waals surface area contributed by atoms with Crippen LogP contribution in [0.4, 0.5) is 11.4 Å². The second-order valence-electron chi connectivity index (χ2n) is 5.74. The van der Waals surface area contributed by atoms with Crippen molar-refractivity contribution in [2.24, 2.45) is 0 Å². The summed E-state index contributed by atoms with van der Waals surface area (Å²) in [6.07, 6.45) is 0.636. The van der Waals surface area contributed by atoms with Gasteiger partial charge in [0.15, 0.2) is 0 Å². The van der Waals surface area contributed by atoms with Crippen LogP contribution in [-0.2, 0) is 15.7 Å². The van der Waals surface area contributed by atoms with Gasteiger partial charge in [0.1, 0.15) is 0 Å². The minimum absolute atomic E-state index is 0.0439. The van der Waals surface area contributed by atoms with Crippen molar-refractivity contribution in [3.63, 3.8) is 0 Å². The average Bonchev–Trinajstić information content (AvgIpc) is 2.67. The summed E-state index contributed by atoms with van der Waals surface area (Å²) < 4.78 is 8.00. The van der Waals surface area contributed by atoms with Crippen LogP contribution in [0.25, 0.3) is 0 Å². The molecule has 1 amide bonds. The summed E-state index contributed by atoms with van der Waals surface area (Å²) in [7, 11) is 5.93. The van der Waals surface area contributed by atoms with Crippen LogP contribution in [-0.4, -0.2) is 28.1 Å². The molecule has 8 heteroatoms. The first-order valence-corrected chi connectivity index (χ1v) is 11.2. The Kier molecular flexibility index (Phi) is 5.79. The van der Waals surface area contributed by atoms with Gasteiger partial charge in [-0.15, -0.1) is 0 Å². The summed E-state index contributed by atoms with van der Waals surface area (Å²) in [5.41, 5.74) is 1.93. The van der Waals surface area contributed by atoms with Crippen LogP contribution in [0.5, 0.6) is 5.75 Å². The van der Waals surface area contributed by atoms with Crippen molar-refractivity contribution in [1.82, 2.24) is 0 Å². The molecule has 0 aliphatic carbocycles. The van der Waals surface area contributed by atoms with E-state index in [4.69, 9.17) is 14.4 Å². The fourth-order valence-electron chi connectivity index (χ4n) is 2.80. The van der Waals surface area contributed by atoms with Gasteiger partial charge in [0.25, 0.3) is 0 Å². The summed E-state index contributed by atoms with van der Waals surface area (Å²) >= 11 is -0.423. The molecule has 26 heavy (non-hydrogen) atoms. The van der Waals surface area contributed by atoms with Gasteiger partial charge in [0.05, 0.1) is 0 Å². The predicted octanol–water partition coefficient (Wildman–Crippen LogP) is 3.80.